The van der Waals surface area contributed by atoms with E-state index in [9.17, 15) is 0 Å². The van der Waals surface area contributed by atoms with E-state index in [1.165, 1.54) is 0 Å². The highest BCUT2D eigenvalue weighted by molar-refractivity contribution is 5.77. The molecule has 7 nitrogen and oxygen atoms in total. The van der Waals surface area contributed by atoms with Crippen molar-refractivity contribution < 1.29 is 14.2 Å². The fraction of sp³-hybridized carbons (Fsp3) is 0.240. The summed E-state index contributed by atoms with van der Waals surface area (Å²) in [7, 11) is 1.63. The molecule has 160 valence electrons. The largest absolute Gasteiger partial charge is 0.462 e. The Kier molecular flexibility index (Phi) is 4.61. The molecule has 2 aliphatic rings. The molecule has 0 fully saturated rings. The van der Waals surface area contributed by atoms with E-state index >= 15 is 0 Å². The van der Waals surface area contributed by atoms with Crippen LogP contribution in [0, 0.1) is 11.8 Å². The number of aromatic nitrogens is 2. The molecule has 0 amide bonds. The monoisotopic (exact) mass is 426 g/mol. The summed E-state index contributed by atoms with van der Waals surface area (Å²) >= 11 is 0. The van der Waals surface area contributed by atoms with E-state index in [2.05, 4.69) is 21.8 Å². The number of methoxy groups -OCH3 is 1. The SMILES string of the molecule is COC(C)(C)C#Cc1cnc2c(c1)[C@]1(COC(N)=N1)c1cc(-c3cccnc3)ccc1O2. The Morgan fingerprint density at radius 3 is 2.72 bits per heavy atom. The van der Waals surface area contributed by atoms with Gasteiger partial charge < -0.3 is 19.9 Å². The molecule has 0 aliphatic carbocycles. The van der Waals surface area contributed by atoms with Gasteiger partial charge in [-0.3, -0.25) is 4.98 Å². The number of fused-ring (bicyclic) bond motifs is 4. The summed E-state index contributed by atoms with van der Waals surface area (Å²) < 4.78 is 17.2. The predicted octanol–water partition coefficient (Wildman–Crippen LogP) is 3.61. The number of benzene rings is 1. The van der Waals surface area contributed by atoms with E-state index in [0.717, 1.165) is 27.8 Å². The fourth-order valence-electron chi connectivity index (χ4n) is 3.78. The molecule has 2 N–H and O–H groups in total. The van der Waals surface area contributed by atoms with Crippen molar-refractivity contribution in [3.05, 3.63) is 71.7 Å². The van der Waals surface area contributed by atoms with Crippen LogP contribution in [-0.2, 0) is 15.0 Å². The number of aliphatic imine (C=N–C) groups is 1. The maximum Gasteiger partial charge on any atom is 0.283 e. The minimum Gasteiger partial charge on any atom is -0.462 e. The van der Waals surface area contributed by atoms with Gasteiger partial charge in [0.2, 0.25) is 5.88 Å². The van der Waals surface area contributed by atoms with Crippen LogP contribution in [0.25, 0.3) is 11.1 Å². The topological polar surface area (TPSA) is 91.9 Å². The summed E-state index contributed by atoms with van der Waals surface area (Å²) in [6.45, 7) is 4.06. The molecule has 0 bridgehead atoms. The number of amidine groups is 1. The third-order valence-corrected chi connectivity index (χ3v) is 5.67. The van der Waals surface area contributed by atoms with Gasteiger partial charge in [-0.25, -0.2) is 9.98 Å². The van der Waals surface area contributed by atoms with Crippen molar-refractivity contribution >= 4 is 6.02 Å². The van der Waals surface area contributed by atoms with Crippen molar-refractivity contribution in [2.75, 3.05) is 13.7 Å². The molecule has 3 aromatic rings. The van der Waals surface area contributed by atoms with Gasteiger partial charge in [0.05, 0.1) is 5.56 Å². The van der Waals surface area contributed by atoms with E-state index in [1.807, 2.05) is 56.4 Å². The van der Waals surface area contributed by atoms with E-state index in [-0.39, 0.29) is 12.6 Å². The van der Waals surface area contributed by atoms with Crippen LogP contribution < -0.4 is 10.5 Å². The van der Waals surface area contributed by atoms with E-state index in [1.54, 1.807) is 19.5 Å². The quantitative estimate of drug-likeness (QED) is 0.630. The first-order valence-electron chi connectivity index (χ1n) is 10.2. The number of pyridine rings is 2. The lowest BCUT2D eigenvalue weighted by molar-refractivity contribution is 0.0742. The summed E-state index contributed by atoms with van der Waals surface area (Å²) in [5.74, 6) is 7.39. The van der Waals surface area contributed by atoms with Crippen molar-refractivity contribution in [3.8, 4) is 34.6 Å². The lowest BCUT2D eigenvalue weighted by Crippen LogP contribution is -2.31. The van der Waals surface area contributed by atoms with E-state index in [0.29, 0.717) is 11.6 Å². The van der Waals surface area contributed by atoms with Gasteiger partial charge in [0.1, 0.15) is 18.0 Å². The zero-order chi connectivity index (χ0) is 22.3. The van der Waals surface area contributed by atoms with Gasteiger partial charge in [-0.1, -0.05) is 24.0 Å². The van der Waals surface area contributed by atoms with Crippen molar-refractivity contribution in [2.24, 2.45) is 10.7 Å². The van der Waals surface area contributed by atoms with Crippen LogP contribution in [0.3, 0.4) is 0 Å². The minimum atomic E-state index is -0.868. The molecule has 4 heterocycles. The summed E-state index contributed by atoms with van der Waals surface area (Å²) in [6.07, 6.45) is 5.25. The van der Waals surface area contributed by atoms with Gasteiger partial charge in [0.15, 0.2) is 5.54 Å². The second-order valence-electron chi connectivity index (χ2n) is 8.19. The van der Waals surface area contributed by atoms with Crippen LogP contribution in [-0.4, -0.2) is 35.3 Å². The van der Waals surface area contributed by atoms with E-state index in [4.69, 9.17) is 24.9 Å². The average Bonchev–Trinajstić information content (AvgIpc) is 3.21. The van der Waals surface area contributed by atoms with Crippen LogP contribution in [0.5, 0.6) is 11.6 Å². The van der Waals surface area contributed by atoms with Gasteiger partial charge in [0.25, 0.3) is 6.02 Å². The Bertz CT molecular complexity index is 1290. The molecule has 0 saturated heterocycles. The maximum atomic E-state index is 6.15. The summed E-state index contributed by atoms with van der Waals surface area (Å²) in [5, 5.41) is 0. The molecular formula is C25H22N4O3. The molecule has 7 heteroatoms. The van der Waals surface area contributed by atoms with Gasteiger partial charge in [0, 0.05) is 42.4 Å². The first-order valence-corrected chi connectivity index (χ1v) is 10.2. The van der Waals surface area contributed by atoms with E-state index < -0.39 is 11.1 Å². The van der Waals surface area contributed by atoms with Crippen LogP contribution in [0.15, 0.2) is 60.0 Å². The molecule has 1 aromatic carbocycles. The summed E-state index contributed by atoms with van der Waals surface area (Å²) in [5.41, 5.74) is 8.88. The third-order valence-electron chi connectivity index (χ3n) is 5.67. The number of hydrogen-bond donors (Lipinski definition) is 1. The highest BCUT2D eigenvalue weighted by Crippen LogP contribution is 2.51. The fourth-order valence-corrected chi connectivity index (χ4v) is 3.78. The zero-order valence-corrected chi connectivity index (χ0v) is 18.0. The zero-order valence-electron chi connectivity index (χ0n) is 18.0. The number of nitrogens with zero attached hydrogens (tertiary/aromatic N) is 3. The lowest BCUT2D eigenvalue weighted by atomic mass is 9.81. The first kappa shape index (κ1) is 20.0. The highest BCUT2D eigenvalue weighted by Gasteiger charge is 2.47. The van der Waals surface area contributed by atoms with Gasteiger partial charge in [-0.2, -0.15) is 0 Å². The second kappa shape index (κ2) is 7.36. The molecule has 2 aromatic heterocycles. The number of ether oxygens (including phenoxy) is 3. The van der Waals surface area contributed by atoms with Gasteiger partial charge >= 0.3 is 0 Å². The standard InChI is InChI=1S/C25H22N4O3/c1-24(2,30-3)9-8-16-11-20-22(28-13-16)32-21-7-6-17(18-5-4-10-27-14-18)12-19(21)25(20)15-31-23(26)29-25/h4-7,10-14H,15H2,1-3H3,(H2,26,29)/t25-/m0/s1. The molecule has 32 heavy (non-hydrogen) atoms. The smallest absolute Gasteiger partial charge is 0.283 e. The Hall–Kier alpha value is -3.89. The molecule has 5 rings (SSSR count). The number of rotatable bonds is 2. The van der Waals surface area contributed by atoms with Gasteiger partial charge in [-0.15, -0.1) is 0 Å². The molecule has 2 aliphatic heterocycles. The summed E-state index contributed by atoms with van der Waals surface area (Å²) in [6, 6.07) is 11.9. The van der Waals surface area contributed by atoms with Crippen molar-refractivity contribution in [1.82, 2.24) is 9.97 Å². The Labute approximate surface area is 186 Å². The molecular weight excluding hydrogens is 404 g/mol. The normalized spacial score (nSPS) is 18.5. The second-order valence-corrected chi connectivity index (χ2v) is 8.19. The first-order chi connectivity index (χ1) is 15.4. The number of hydrogen-bond acceptors (Lipinski definition) is 7. The van der Waals surface area contributed by atoms with Crippen LogP contribution in [0.4, 0.5) is 0 Å². The Morgan fingerprint density at radius 1 is 1.12 bits per heavy atom. The molecule has 0 radical (unpaired) electrons. The average molecular weight is 426 g/mol. The van der Waals surface area contributed by atoms with Crippen LogP contribution in [0.1, 0.15) is 30.5 Å². The minimum absolute atomic E-state index is 0.132. The van der Waals surface area contributed by atoms with Crippen molar-refractivity contribution in [3.63, 3.8) is 0 Å². The molecule has 0 saturated carbocycles. The highest BCUT2D eigenvalue weighted by atomic mass is 16.5. The van der Waals surface area contributed by atoms with Crippen LogP contribution >= 0.6 is 0 Å². The molecule has 0 unspecified atom stereocenters. The lowest BCUT2D eigenvalue weighted by Gasteiger charge is -2.33. The Morgan fingerprint density at radius 2 is 2.00 bits per heavy atom. The molecule has 1 atom stereocenters. The summed E-state index contributed by atoms with van der Waals surface area (Å²) in [4.78, 5) is 13.5. The van der Waals surface area contributed by atoms with Crippen LogP contribution in [0.2, 0.25) is 0 Å². The van der Waals surface area contributed by atoms with Gasteiger partial charge in [-0.05, 0) is 43.7 Å². The Balaban J connectivity index is 1.66. The molecule has 1 spiro atoms. The number of nitrogens with two attached hydrogens (primary N) is 1. The van der Waals surface area contributed by atoms with Crippen molar-refractivity contribution in [2.45, 2.75) is 25.0 Å². The third kappa shape index (κ3) is 3.35. The maximum absolute atomic E-state index is 6.15. The predicted molar refractivity (Wildman–Crippen MR) is 120 cm³/mol. The van der Waals surface area contributed by atoms with Crippen molar-refractivity contribution in [1.29, 1.82) is 0 Å².